The van der Waals surface area contributed by atoms with Crippen LogP contribution < -0.4 is 0 Å². The first kappa shape index (κ1) is 15.1. The second-order valence-electron chi connectivity index (χ2n) is 6.36. The standard InChI is InChI=1S/C16H28O2/c1-8-17-12(3)14-15(4,5)10-13(18-9-2)11-16(14,6)7/h10,14H,3,8-9,11H2,1-2,4-7H3. The minimum atomic E-state index is 0.0124. The van der Waals surface area contributed by atoms with Gasteiger partial charge in [0, 0.05) is 12.3 Å². The van der Waals surface area contributed by atoms with E-state index in [1.165, 1.54) is 0 Å². The van der Waals surface area contributed by atoms with Crippen LogP contribution in [-0.2, 0) is 9.47 Å². The summed E-state index contributed by atoms with van der Waals surface area (Å²) in [7, 11) is 0. The molecule has 2 heteroatoms. The third-order valence-corrected chi connectivity index (χ3v) is 3.67. The van der Waals surface area contributed by atoms with Crippen LogP contribution in [-0.4, -0.2) is 13.2 Å². The summed E-state index contributed by atoms with van der Waals surface area (Å²) in [5.41, 5.74) is 0.119. The molecule has 0 saturated heterocycles. The van der Waals surface area contributed by atoms with E-state index in [4.69, 9.17) is 9.47 Å². The molecule has 0 heterocycles. The van der Waals surface area contributed by atoms with E-state index in [1.807, 2.05) is 13.8 Å². The van der Waals surface area contributed by atoms with Crippen molar-refractivity contribution in [1.82, 2.24) is 0 Å². The number of allylic oxidation sites excluding steroid dienone is 3. The van der Waals surface area contributed by atoms with Gasteiger partial charge in [0.05, 0.1) is 24.7 Å². The molecule has 1 rings (SSSR count). The quantitative estimate of drug-likeness (QED) is 0.669. The number of hydrogen-bond acceptors (Lipinski definition) is 2. The molecule has 0 bridgehead atoms. The maximum atomic E-state index is 5.73. The highest BCUT2D eigenvalue weighted by atomic mass is 16.5. The summed E-state index contributed by atoms with van der Waals surface area (Å²) in [4.78, 5) is 0. The van der Waals surface area contributed by atoms with Crippen molar-refractivity contribution < 1.29 is 9.47 Å². The Morgan fingerprint density at radius 3 is 2.33 bits per heavy atom. The Bertz CT molecular complexity index is 337. The first-order valence-electron chi connectivity index (χ1n) is 6.90. The van der Waals surface area contributed by atoms with Crippen molar-refractivity contribution in [3.05, 3.63) is 24.2 Å². The van der Waals surface area contributed by atoms with Gasteiger partial charge in [-0.1, -0.05) is 34.3 Å². The molecule has 1 aliphatic rings. The minimum absolute atomic E-state index is 0.0124. The summed E-state index contributed by atoms with van der Waals surface area (Å²) in [6.07, 6.45) is 3.19. The molecule has 1 aliphatic carbocycles. The Balaban J connectivity index is 3.06. The van der Waals surface area contributed by atoms with Crippen LogP contribution in [0.2, 0.25) is 0 Å². The SMILES string of the molecule is C=C(OCC)C1C(C)(C)C=C(OCC)CC1(C)C. The van der Waals surface area contributed by atoms with Gasteiger partial charge >= 0.3 is 0 Å². The Labute approximate surface area is 112 Å². The van der Waals surface area contributed by atoms with E-state index in [2.05, 4.69) is 40.3 Å². The zero-order valence-electron chi connectivity index (χ0n) is 12.8. The summed E-state index contributed by atoms with van der Waals surface area (Å²) < 4.78 is 11.4. The first-order chi connectivity index (χ1) is 8.24. The summed E-state index contributed by atoms with van der Waals surface area (Å²) in [6.45, 7) is 18.6. The fourth-order valence-electron chi connectivity index (χ4n) is 3.51. The summed E-state index contributed by atoms with van der Waals surface area (Å²) in [5.74, 6) is 2.32. The van der Waals surface area contributed by atoms with Crippen molar-refractivity contribution in [2.24, 2.45) is 16.7 Å². The molecular weight excluding hydrogens is 224 g/mol. The maximum absolute atomic E-state index is 5.73. The molecule has 0 radical (unpaired) electrons. The number of ether oxygens (including phenoxy) is 2. The van der Waals surface area contributed by atoms with E-state index >= 15 is 0 Å². The smallest absolute Gasteiger partial charge is 0.0932 e. The van der Waals surface area contributed by atoms with Crippen LogP contribution >= 0.6 is 0 Å². The van der Waals surface area contributed by atoms with E-state index in [-0.39, 0.29) is 10.8 Å². The van der Waals surface area contributed by atoms with Crippen molar-refractivity contribution in [2.45, 2.75) is 48.0 Å². The molecule has 0 amide bonds. The molecule has 0 aromatic rings. The van der Waals surface area contributed by atoms with Gasteiger partial charge in [0.1, 0.15) is 0 Å². The lowest BCUT2D eigenvalue weighted by molar-refractivity contribution is 0.0337. The molecule has 0 aromatic heterocycles. The van der Waals surface area contributed by atoms with E-state index in [9.17, 15) is 0 Å². The van der Waals surface area contributed by atoms with Gasteiger partial charge in [0.25, 0.3) is 0 Å². The fraction of sp³-hybridized carbons (Fsp3) is 0.750. The average Bonchev–Trinajstić information content (AvgIpc) is 2.13. The fourth-order valence-corrected chi connectivity index (χ4v) is 3.51. The first-order valence-corrected chi connectivity index (χ1v) is 6.90. The van der Waals surface area contributed by atoms with Gasteiger partial charge in [-0.3, -0.25) is 0 Å². The molecule has 0 spiro atoms. The molecule has 104 valence electrons. The molecule has 0 saturated carbocycles. The molecule has 2 nitrogen and oxygen atoms in total. The monoisotopic (exact) mass is 252 g/mol. The zero-order valence-corrected chi connectivity index (χ0v) is 12.8. The van der Waals surface area contributed by atoms with Crippen molar-refractivity contribution in [3.8, 4) is 0 Å². The van der Waals surface area contributed by atoms with Crippen LogP contribution in [0, 0.1) is 16.7 Å². The van der Waals surface area contributed by atoms with E-state index in [1.54, 1.807) is 0 Å². The van der Waals surface area contributed by atoms with Gasteiger partial charge < -0.3 is 9.47 Å². The largest absolute Gasteiger partial charge is 0.499 e. The highest BCUT2D eigenvalue weighted by Gasteiger charge is 2.46. The highest BCUT2D eigenvalue weighted by molar-refractivity contribution is 5.20. The van der Waals surface area contributed by atoms with Gasteiger partial charge in [-0.15, -0.1) is 0 Å². The Morgan fingerprint density at radius 1 is 1.28 bits per heavy atom. The Kier molecular flexibility index (Phi) is 4.52. The van der Waals surface area contributed by atoms with Crippen LogP contribution in [0.15, 0.2) is 24.2 Å². The molecule has 0 fully saturated rings. The lowest BCUT2D eigenvalue weighted by atomic mass is 9.59. The van der Waals surface area contributed by atoms with Crippen molar-refractivity contribution in [3.63, 3.8) is 0 Å². The third kappa shape index (κ3) is 3.09. The minimum Gasteiger partial charge on any atom is -0.499 e. The second kappa shape index (κ2) is 5.38. The maximum Gasteiger partial charge on any atom is 0.0932 e. The zero-order chi connectivity index (χ0) is 14.0. The van der Waals surface area contributed by atoms with Crippen LogP contribution in [0.3, 0.4) is 0 Å². The lowest BCUT2D eigenvalue weighted by Gasteiger charge is -2.47. The van der Waals surface area contributed by atoms with Crippen LogP contribution in [0.5, 0.6) is 0 Å². The lowest BCUT2D eigenvalue weighted by Crippen LogP contribution is -2.41. The van der Waals surface area contributed by atoms with Crippen molar-refractivity contribution in [1.29, 1.82) is 0 Å². The van der Waals surface area contributed by atoms with Gasteiger partial charge in [-0.05, 0) is 30.8 Å². The predicted octanol–water partition coefficient (Wildman–Crippen LogP) is 4.53. The topological polar surface area (TPSA) is 18.5 Å². The number of hydrogen-bond donors (Lipinski definition) is 0. The van der Waals surface area contributed by atoms with E-state index < -0.39 is 0 Å². The van der Waals surface area contributed by atoms with E-state index in [0.717, 1.165) is 24.5 Å². The van der Waals surface area contributed by atoms with Gasteiger partial charge in [0.15, 0.2) is 0 Å². The Morgan fingerprint density at radius 2 is 1.89 bits per heavy atom. The van der Waals surface area contributed by atoms with Crippen LogP contribution in [0.25, 0.3) is 0 Å². The normalized spacial score (nSPS) is 25.2. The third-order valence-electron chi connectivity index (χ3n) is 3.67. The van der Waals surface area contributed by atoms with Crippen molar-refractivity contribution in [2.75, 3.05) is 13.2 Å². The summed E-state index contributed by atoms with van der Waals surface area (Å²) in [6, 6.07) is 0. The highest BCUT2D eigenvalue weighted by Crippen LogP contribution is 2.52. The molecule has 0 N–H and O–H groups in total. The van der Waals surface area contributed by atoms with Crippen LogP contribution in [0.4, 0.5) is 0 Å². The van der Waals surface area contributed by atoms with Gasteiger partial charge in [-0.2, -0.15) is 0 Å². The molecule has 1 unspecified atom stereocenters. The van der Waals surface area contributed by atoms with E-state index in [0.29, 0.717) is 12.5 Å². The molecule has 0 aliphatic heterocycles. The predicted molar refractivity (Wildman–Crippen MR) is 76.1 cm³/mol. The molecular formula is C16H28O2. The summed E-state index contributed by atoms with van der Waals surface area (Å²) >= 11 is 0. The molecule has 18 heavy (non-hydrogen) atoms. The Hall–Kier alpha value is -0.920. The van der Waals surface area contributed by atoms with Gasteiger partial charge in [-0.25, -0.2) is 0 Å². The molecule has 1 atom stereocenters. The average molecular weight is 252 g/mol. The number of rotatable bonds is 5. The van der Waals surface area contributed by atoms with Crippen LogP contribution in [0.1, 0.15) is 48.0 Å². The van der Waals surface area contributed by atoms with Gasteiger partial charge in [0.2, 0.25) is 0 Å². The summed E-state index contributed by atoms with van der Waals surface area (Å²) in [5, 5.41) is 0. The second-order valence-corrected chi connectivity index (χ2v) is 6.36. The molecule has 0 aromatic carbocycles. The van der Waals surface area contributed by atoms with Crippen molar-refractivity contribution >= 4 is 0 Å².